The van der Waals surface area contributed by atoms with Crippen LogP contribution in [0.2, 0.25) is 0 Å². The first-order valence-electron chi connectivity index (χ1n) is 8.14. The van der Waals surface area contributed by atoms with Crippen LogP contribution in [-0.4, -0.2) is 30.7 Å². The Hall–Kier alpha value is -2.47. The second kappa shape index (κ2) is 7.61. The molecule has 2 aromatic rings. The molecule has 0 aliphatic carbocycles. The molecule has 0 saturated heterocycles. The van der Waals surface area contributed by atoms with E-state index in [1.54, 1.807) is 0 Å². The smallest absolute Gasteiger partial charge is 0.244 e. The molecule has 1 N–H and O–H groups in total. The number of para-hydroxylation sites is 1. The highest BCUT2D eigenvalue weighted by Crippen LogP contribution is 2.35. The Balaban J connectivity index is 1.76. The van der Waals surface area contributed by atoms with E-state index in [1.807, 2.05) is 56.3 Å². The van der Waals surface area contributed by atoms with Crippen LogP contribution in [0.1, 0.15) is 12.5 Å². The first-order valence-corrected chi connectivity index (χ1v) is 9.12. The highest BCUT2D eigenvalue weighted by Gasteiger charge is 2.26. The maximum atomic E-state index is 12.5. The number of aryl methyl sites for hydroxylation is 1. The number of ether oxygens (including phenoxy) is 1. The lowest BCUT2D eigenvalue weighted by atomic mass is 10.2. The number of nitrogens with zero attached hydrogens (tertiary/aromatic N) is 1. The lowest BCUT2D eigenvalue weighted by molar-refractivity contribution is -0.120. The van der Waals surface area contributed by atoms with Gasteiger partial charge in [-0.3, -0.25) is 9.59 Å². The summed E-state index contributed by atoms with van der Waals surface area (Å²) in [6.07, 6.45) is 0. The van der Waals surface area contributed by atoms with Crippen molar-refractivity contribution >= 4 is 35.0 Å². The minimum Gasteiger partial charge on any atom is -0.492 e. The molecule has 6 heteroatoms. The van der Waals surface area contributed by atoms with Gasteiger partial charge in [0, 0.05) is 4.90 Å². The lowest BCUT2D eigenvalue weighted by Crippen LogP contribution is -2.41. The van der Waals surface area contributed by atoms with Gasteiger partial charge >= 0.3 is 0 Å². The van der Waals surface area contributed by atoms with Crippen LogP contribution in [0, 0.1) is 6.92 Å². The van der Waals surface area contributed by atoms with Crippen molar-refractivity contribution in [2.75, 3.05) is 29.1 Å². The second-order valence-electron chi connectivity index (χ2n) is 5.72. The summed E-state index contributed by atoms with van der Waals surface area (Å²) >= 11 is 1.50. The van der Waals surface area contributed by atoms with E-state index in [0.717, 1.165) is 16.1 Å². The van der Waals surface area contributed by atoms with Crippen LogP contribution < -0.4 is 15.0 Å². The summed E-state index contributed by atoms with van der Waals surface area (Å²) in [4.78, 5) is 27.3. The van der Waals surface area contributed by atoms with Crippen LogP contribution in [0.4, 0.5) is 11.4 Å². The Morgan fingerprint density at radius 3 is 2.88 bits per heavy atom. The molecule has 0 radical (unpaired) electrons. The first kappa shape index (κ1) is 17.4. The number of hydrogen-bond acceptors (Lipinski definition) is 4. The maximum Gasteiger partial charge on any atom is 0.244 e. The van der Waals surface area contributed by atoms with Crippen molar-refractivity contribution in [3.05, 3.63) is 48.0 Å². The molecule has 1 heterocycles. The molecule has 0 bridgehead atoms. The predicted octanol–water partition coefficient (Wildman–Crippen LogP) is 3.47. The van der Waals surface area contributed by atoms with Gasteiger partial charge in [0.2, 0.25) is 11.8 Å². The van der Waals surface area contributed by atoms with Crippen LogP contribution >= 0.6 is 11.8 Å². The summed E-state index contributed by atoms with van der Waals surface area (Å²) < 4.78 is 5.59. The number of thioether (sulfide) groups is 1. The molecule has 1 aliphatic rings. The summed E-state index contributed by atoms with van der Waals surface area (Å²) in [5, 5.41) is 2.86. The fourth-order valence-corrected chi connectivity index (χ4v) is 3.60. The monoisotopic (exact) mass is 356 g/mol. The van der Waals surface area contributed by atoms with E-state index < -0.39 is 0 Å². The van der Waals surface area contributed by atoms with Crippen molar-refractivity contribution in [1.29, 1.82) is 0 Å². The molecule has 1 aliphatic heterocycles. The van der Waals surface area contributed by atoms with E-state index >= 15 is 0 Å². The molecule has 2 amide bonds. The number of amides is 2. The molecule has 0 unspecified atom stereocenters. The summed E-state index contributed by atoms with van der Waals surface area (Å²) in [7, 11) is 0. The van der Waals surface area contributed by atoms with Crippen LogP contribution in [-0.2, 0) is 9.59 Å². The van der Waals surface area contributed by atoms with Gasteiger partial charge in [0.15, 0.2) is 0 Å². The zero-order valence-corrected chi connectivity index (χ0v) is 15.1. The number of anilines is 2. The Labute approximate surface area is 151 Å². The SMILES string of the molecule is CCOc1cc(C)ccc1NC(=O)CN1C(=O)CSc2ccccc21. The zero-order valence-electron chi connectivity index (χ0n) is 14.2. The molecule has 0 aromatic heterocycles. The van der Waals surface area contributed by atoms with Crippen LogP contribution in [0.15, 0.2) is 47.4 Å². The number of nitrogens with one attached hydrogen (secondary N) is 1. The molecule has 0 atom stereocenters. The summed E-state index contributed by atoms with van der Waals surface area (Å²) in [6, 6.07) is 13.2. The number of hydrogen-bond donors (Lipinski definition) is 1. The molecule has 0 spiro atoms. The number of rotatable bonds is 5. The fraction of sp³-hybridized carbons (Fsp3) is 0.263. The van der Waals surface area contributed by atoms with Crippen LogP contribution in [0.3, 0.4) is 0 Å². The van der Waals surface area contributed by atoms with E-state index in [4.69, 9.17) is 4.74 Å². The molecule has 0 fully saturated rings. The minimum absolute atomic E-state index is 0.0180. The van der Waals surface area contributed by atoms with Gasteiger partial charge in [-0.2, -0.15) is 0 Å². The van der Waals surface area contributed by atoms with Crippen molar-refractivity contribution < 1.29 is 14.3 Å². The quantitative estimate of drug-likeness (QED) is 0.891. The predicted molar refractivity (Wildman–Crippen MR) is 100 cm³/mol. The Morgan fingerprint density at radius 1 is 1.28 bits per heavy atom. The fourth-order valence-electron chi connectivity index (χ4n) is 2.67. The van der Waals surface area contributed by atoms with Gasteiger partial charge in [-0.05, 0) is 43.7 Å². The van der Waals surface area contributed by atoms with Gasteiger partial charge in [0.25, 0.3) is 0 Å². The second-order valence-corrected chi connectivity index (χ2v) is 6.73. The number of carbonyl (C=O) groups is 2. The first-order chi connectivity index (χ1) is 12.1. The Morgan fingerprint density at radius 2 is 2.08 bits per heavy atom. The van der Waals surface area contributed by atoms with Gasteiger partial charge < -0.3 is 15.0 Å². The summed E-state index contributed by atoms with van der Waals surface area (Å²) in [5.74, 6) is 0.670. The van der Waals surface area contributed by atoms with E-state index in [-0.39, 0.29) is 18.4 Å². The molecule has 130 valence electrons. The number of carbonyl (C=O) groups excluding carboxylic acids is 2. The third-order valence-corrected chi connectivity index (χ3v) is 4.87. The van der Waals surface area contributed by atoms with Crippen LogP contribution in [0.5, 0.6) is 5.75 Å². The molecule has 5 nitrogen and oxygen atoms in total. The van der Waals surface area contributed by atoms with Crippen molar-refractivity contribution in [2.45, 2.75) is 18.7 Å². The normalized spacial score (nSPS) is 13.4. The molecule has 3 rings (SSSR count). The maximum absolute atomic E-state index is 12.5. The Bertz CT molecular complexity index is 807. The van der Waals surface area contributed by atoms with Gasteiger partial charge in [-0.1, -0.05) is 18.2 Å². The van der Waals surface area contributed by atoms with Crippen molar-refractivity contribution in [1.82, 2.24) is 0 Å². The number of benzene rings is 2. The third kappa shape index (κ3) is 3.96. The summed E-state index contributed by atoms with van der Waals surface area (Å²) in [6.45, 7) is 4.36. The average molecular weight is 356 g/mol. The van der Waals surface area contributed by atoms with Crippen molar-refractivity contribution in [3.63, 3.8) is 0 Å². The van der Waals surface area contributed by atoms with E-state index in [1.165, 1.54) is 16.7 Å². The highest BCUT2D eigenvalue weighted by atomic mass is 32.2. The standard InChI is InChI=1S/C19H20N2O3S/c1-3-24-16-10-13(2)8-9-14(16)20-18(22)11-21-15-6-4-5-7-17(15)25-12-19(21)23/h4-10H,3,11-12H2,1-2H3,(H,20,22). The molecular formula is C19H20N2O3S. The lowest BCUT2D eigenvalue weighted by Gasteiger charge is -2.28. The molecule has 2 aromatic carbocycles. The minimum atomic E-state index is -0.250. The largest absolute Gasteiger partial charge is 0.492 e. The highest BCUT2D eigenvalue weighted by molar-refractivity contribution is 8.00. The van der Waals surface area contributed by atoms with Gasteiger partial charge in [-0.25, -0.2) is 0 Å². The van der Waals surface area contributed by atoms with Crippen molar-refractivity contribution in [2.24, 2.45) is 0 Å². The van der Waals surface area contributed by atoms with Gasteiger partial charge in [-0.15, -0.1) is 11.8 Å². The van der Waals surface area contributed by atoms with E-state index in [9.17, 15) is 9.59 Å². The van der Waals surface area contributed by atoms with Crippen molar-refractivity contribution in [3.8, 4) is 5.75 Å². The molecule has 25 heavy (non-hydrogen) atoms. The summed E-state index contributed by atoms with van der Waals surface area (Å²) in [5.41, 5.74) is 2.45. The van der Waals surface area contributed by atoms with E-state index in [2.05, 4.69) is 5.32 Å². The van der Waals surface area contributed by atoms with Gasteiger partial charge in [0.05, 0.1) is 23.7 Å². The molecule has 0 saturated carbocycles. The van der Waals surface area contributed by atoms with E-state index in [0.29, 0.717) is 23.8 Å². The molecular weight excluding hydrogens is 336 g/mol. The van der Waals surface area contributed by atoms with Crippen LogP contribution in [0.25, 0.3) is 0 Å². The number of fused-ring (bicyclic) bond motifs is 1. The average Bonchev–Trinajstić information content (AvgIpc) is 2.60. The zero-order chi connectivity index (χ0) is 17.8. The Kier molecular flexibility index (Phi) is 5.28. The topological polar surface area (TPSA) is 58.6 Å². The third-order valence-electron chi connectivity index (χ3n) is 3.82. The van der Waals surface area contributed by atoms with Gasteiger partial charge in [0.1, 0.15) is 12.3 Å².